The van der Waals surface area contributed by atoms with Gasteiger partial charge in [-0.15, -0.1) is 0 Å². The van der Waals surface area contributed by atoms with Gasteiger partial charge in [-0.25, -0.2) is 18.4 Å². The molecule has 1 aromatic carbocycles. The summed E-state index contributed by atoms with van der Waals surface area (Å²) in [6, 6.07) is 5.92. The number of aromatic nitrogens is 2. The van der Waals surface area contributed by atoms with Gasteiger partial charge in [-0.1, -0.05) is 18.7 Å². The molecule has 1 N–H and O–H groups in total. The van der Waals surface area contributed by atoms with Crippen molar-refractivity contribution in [3.05, 3.63) is 48.8 Å². The third kappa shape index (κ3) is 6.84. The van der Waals surface area contributed by atoms with E-state index < -0.39 is 15.7 Å². The first kappa shape index (κ1) is 22.9. The fraction of sp³-hybridized carbons (Fsp3) is 0.381. The molecule has 1 amide bonds. The van der Waals surface area contributed by atoms with E-state index in [1.54, 1.807) is 0 Å². The maximum Gasteiger partial charge on any atom is 0.256 e. The van der Waals surface area contributed by atoms with E-state index in [1.165, 1.54) is 36.7 Å². The quantitative estimate of drug-likeness (QED) is 0.460. The van der Waals surface area contributed by atoms with E-state index in [0.717, 1.165) is 32.1 Å². The fourth-order valence-corrected chi connectivity index (χ4v) is 3.48. The second kappa shape index (κ2) is 10.5. The summed E-state index contributed by atoms with van der Waals surface area (Å²) < 4.78 is 39.6. The molecule has 1 atom stereocenters. The van der Waals surface area contributed by atoms with Crippen LogP contribution in [0.3, 0.4) is 0 Å². The van der Waals surface area contributed by atoms with Crippen LogP contribution >= 0.6 is 0 Å². The number of anilines is 1. The van der Waals surface area contributed by atoms with E-state index in [4.69, 9.17) is 14.2 Å². The first-order valence-electron chi connectivity index (χ1n) is 9.82. The van der Waals surface area contributed by atoms with Crippen molar-refractivity contribution in [1.82, 2.24) is 9.97 Å². The van der Waals surface area contributed by atoms with Crippen LogP contribution in [0.1, 0.15) is 24.8 Å². The Bertz CT molecular complexity index is 1000. The highest BCUT2D eigenvalue weighted by Gasteiger charge is 2.14. The molecule has 10 heteroatoms. The van der Waals surface area contributed by atoms with E-state index in [2.05, 4.69) is 21.9 Å². The Kier molecular flexibility index (Phi) is 7.72. The Morgan fingerprint density at radius 1 is 1.19 bits per heavy atom. The Morgan fingerprint density at radius 2 is 1.97 bits per heavy atom. The SMILES string of the molecule is C=C(C(=O)Nc1cnc(OCCOC2CCCCO2)cn1)c1ccc(S(C)(=O)=O)cc1. The van der Waals surface area contributed by atoms with Crippen LogP contribution in [0.15, 0.2) is 48.1 Å². The predicted octanol–water partition coefficient (Wildman–Crippen LogP) is 2.45. The van der Waals surface area contributed by atoms with Crippen molar-refractivity contribution in [3.8, 4) is 5.88 Å². The molecule has 0 aliphatic carbocycles. The molecule has 1 aliphatic rings. The molecular weight excluding hydrogens is 422 g/mol. The molecule has 0 radical (unpaired) electrons. The summed E-state index contributed by atoms with van der Waals surface area (Å²) in [5, 5.41) is 2.60. The largest absolute Gasteiger partial charge is 0.474 e. The molecule has 0 saturated carbocycles. The number of hydrogen-bond donors (Lipinski definition) is 1. The minimum atomic E-state index is -3.31. The minimum Gasteiger partial charge on any atom is -0.474 e. The Balaban J connectivity index is 1.46. The third-order valence-corrected chi connectivity index (χ3v) is 5.68. The van der Waals surface area contributed by atoms with Crippen LogP contribution in [-0.4, -0.2) is 56.7 Å². The number of nitrogens with zero attached hydrogens (tertiary/aromatic N) is 2. The lowest BCUT2D eigenvalue weighted by Crippen LogP contribution is -2.24. The molecule has 3 rings (SSSR count). The van der Waals surface area contributed by atoms with Gasteiger partial charge in [0.2, 0.25) is 5.88 Å². The molecule has 1 aromatic heterocycles. The molecule has 2 aromatic rings. The van der Waals surface area contributed by atoms with Crippen LogP contribution in [-0.2, 0) is 24.1 Å². The molecule has 1 aliphatic heterocycles. The topological polar surface area (TPSA) is 117 Å². The van der Waals surface area contributed by atoms with Gasteiger partial charge < -0.3 is 19.5 Å². The molecule has 2 heterocycles. The van der Waals surface area contributed by atoms with Crippen LogP contribution < -0.4 is 10.1 Å². The molecule has 0 spiro atoms. The lowest BCUT2D eigenvalue weighted by Gasteiger charge is -2.22. The van der Waals surface area contributed by atoms with Crippen molar-refractivity contribution in [2.75, 3.05) is 31.4 Å². The smallest absolute Gasteiger partial charge is 0.256 e. The van der Waals surface area contributed by atoms with E-state index in [-0.39, 0.29) is 22.6 Å². The maximum absolute atomic E-state index is 12.4. The lowest BCUT2D eigenvalue weighted by atomic mass is 10.1. The number of benzene rings is 1. The van der Waals surface area contributed by atoms with Gasteiger partial charge in [-0.05, 0) is 37.0 Å². The van der Waals surface area contributed by atoms with Crippen molar-refractivity contribution in [1.29, 1.82) is 0 Å². The molecule has 31 heavy (non-hydrogen) atoms. The first-order valence-corrected chi connectivity index (χ1v) is 11.7. The van der Waals surface area contributed by atoms with Crippen LogP contribution in [0, 0.1) is 0 Å². The highest BCUT2D eigenvalue weighted by Crippen LogP contribution is 2.18. The lowest BCUT2D eigenvalue weighted by molar-refractivity contribution is -0.165. The zero-order valence-corrected chi connectivity index (χ0v) is 18.1. The van der Waals surface area contributed by atoms with Gasteiger partial charge in [0.1, 0.15) is 6.61 Å². The van der Waals surface area contributed by atoms with Crippen LogP contribution in [0.2, 0.25) is 0 Å². The molecule has 9 nitrogen and oxygen atoms in total. The molecule has 1 fully saturated rings. The molecule has 166 valence electrons. The zero-order valence-electron chi connectivity index (χ0n) is 17.2. The second-order valence-corrected chi connectivity index (χ2v) is 9.00. The molecule has 1 unspecified atom stereocenters. The monoisotopic (exact) mass is 447 g/mol. The van der Waals surface area contributed by atoms with Gasteiger partial charge in [-0.2, -0.15) is 0 Å². The van der Waals surface area contributed by atoms with Crippen molar-refractivity contribution in [2.24, 2.45) is 0 Å². The van der Waals surface area contributed by atoms with E-state index in [0.29, 0.717) is 24.7 Å². The number of carbonyl (C=O) groups excluding carboxylic acids is 1. The average Bonchev–Trinajstić information content (AvgIpc) is 2.77. The predicted molar refractivity (Wildman–Crippen MR) is 114 cm³/mol. The van der Waals surface area contributed by atoms with Crippen LogP contribution in [0.25, 0.3) is 5.57 Å². The van der Waals surface area contributed by atoms with E-state index >= 15 is 0 Å². The number of ether oxygens (including phenoxy) is 3. The second-order valence-electron chi connectivity index (χ2n) is 6.98. The van der Waals surface area contributed by atoms with Crippen molar-refractivity contribution < 1.29 is 27.4 Å². The number of sulfone groups is 1. The van der Waals surface area contributed by atoms with Gasteiger partial charge in [0, 0.05) is 18.4 Å². The molecular formula is C21H25N3O6S. The normalized spacial score (nSPS) is 16.5. The fourth-order valence-electron chi connectivity index (χ4n) is 2.85. The third-order valence-electron chi connectivity index (χ3n) is 4.55. The number of amides is 1. The molecule has 0 bridgehead atoms. The summed E-state index contributed by atoms with van der Waals surface area (Å²) in [5.74, 6) is 0.0652. The number of hydrogen-bond acceptors (Lipinski definition) is 8. The highest BCUT2D eigenvalue weighted by molar-refractivity contribution is 7.90. The van der Waals surface area contributed by atoms with Gasteiger partial charge >= 0.3 is 0 Å². The average molecular weight is 448 g/mol. The minimum absolute atomic E-state index is 0.169. The Morgan fingerprint density at radius 3 is 2.58 bits per heavy atom. The van der Waals surface area contributed by atoms with E-state index in [1.807, 2.05) is 0 Å². The Labute approximate surface area is 181 Å². The van der Waals surface area contributed by atoms with Gasteiger partial charge in [0.05, 0.1) is 23.9 Å². The summed E-state index contributed by atoms with van der Waals surface area (Å²) in [6.45, 7) is 5.17. The summed E-state index contributed by atoms with van der Waals surface area (Å²) >= 11 is 0. The van der Waals surface area contributed by atoms with Crippen molar-refractivity contribution in [3.63, 3.8) is 0 Å². The summed E-state index contributed by atoms with van der Waals surface area (Å²) in [7, 11) is -3.31. The van der Waals surface area contributed by atoms with Gasteiger partial charge in [-0.3, -0.25) is 4.79 Å². The van der Waals surface area contributed by atoms with Crippen molar-refractivity contribution >= 4 is 27.1 Å². The first-order chi connectivity index (χ1) is 14.8. The Hall–Kier alpha value is -2.82. The summed E-state index contributed by atoms with van der Waals surface area (Å²) in [4.78, 5) is 20.8. The summed E-state index contributed by atoms with van der Waals surface area (Å²) in [5.41, 5.74) is 0.670. The highest BCUT2D eigenvalue weighted by atomic mass is 32.2. The number of nitrogens with one attached hydrogen (secondary N) is 1. The van der Waals surface area contributed by atoms with Gasteiger partial charge in [0.15, 0.2) is 21.9 Å². The standard InChI is InChI=1S/C21H25N3O6S/c1-15(16-6-8-17(9-7-16)31(2,26)27)21(25)24-18-13-23-19(14-22-18)28-11-12-30-20-5-3-4-10-29-20/h6-9,13-14,20H,1,3-5,10-12H2,2H3,(H,22,24,25). The zero-order chi connectivity index (χ0) is 22.3. The maximum atomic E-state index is 12.4. The van der Waals surface area contributed by atoms with Crippen LogP contribution in [0.5, 0.6) is 5.88 Å². The van der Waals surface area contributed by atoms with Gasteiger partial charge in [0.25, 0.3) is 5.91 Å². The number of carbonyl (C=O) groups is 1. The number of rotatable bonds is 9. The van der Waals surface area contributed by atoms with E-state index in [9.17, 15) is 13.2 Å². The van der Waals surface area contributed by atoms with Crippen molar-refractivity contribution in [2.45, 2.75) is 30.4 Å². The molecule has 1 saturated heterocycles. The van der Waals surface area contributed by atoms with Crippen LogP contribution in [0.4, 0.5) is 5.82 Å². The summed E-state index contributed by atoms with van der Waals surface area (Å²) in [6.07, 6.45) is 6.78.